The van der Waals surface area contributed by atoms with E-state index in [1.807, 2.05) is 39.0 Å². The van der Waals surface area contributed by atoms with Crippen LogP contribution in [0.4, 0.5) is 0 Å². The number of carbonyl (C=O) groups is 3. The Labute approximate surface area is 162 Å². The third kappa shape index (κ3) is 8.76. The van der Waals surface area contributed by atoms with E-state index < -0.39 is 12.1 Å². The van der Waals surface area contributed by atoms with E-state index in [4.69, 9.17) is 0 Å². The maximum Gasteiger partial charge on any atom is 0.245 e. The first-order valence-corrected chi connectivity index (χ1v) is 9.74. The number of aliphatic imine (C=N–C) groups is 1. The van der Waals surface area contributed by atoms with Crippen LogP contribution in [-0.4, -0.2) is 35.8 Å². The van der Waals surface area contributed by atoms with Crippen molar-refractivity contribution in [3.05, 3.63) is 35.9 Å². The van der Waals surface area contributed by atoms with Gasteiger partial charge in [0.05, 0.1) is 6.04 Å². The molecule has 0 saturated heterocycles. The normalized spacial score (nSPS) is 13.9. The predicted molar refractivity (Wildman–Crippen MR) is 109 cm³/mol. The third-order valence-electron chi connectivity index (χ3n) is 4.25. The summed E-state index contributed by atoms with van der Waals surface area (Å²) in [4.78, 5) is 40.7. The van der Waals surface area contributed by atoms with Gasteiger partial charge in [0.2, 0.25) is 5.91 Å². The van der Waals surface area contributed by atoms with Gasteiger partial charge in [0, 0.05) is 17.7 Å². The molecule has 1 rings (SSSR count). The molecule has 0 heterocycles. The molecule has 0 radical (unpaired) electrons. The van der Waals surface area contributed by atoms with Crippen LogP contribution in [0, 0.1) is 5.92 Å². The molecule has 1 aromatic rings. The largest absolute Gasteiger partial charge is 0.345 e. The molecular formula is C22H32N2O3. The lowest BCUT2D eigenvalue weighted by atomic mass is 10.0. The summed E-state index contributed by atoms with van der Waals surface area (Å²) >= 11 is 0. The summed E-state index contributed by atoms with van der Waals surface area (Å²) in [5, 5.41) is 2.80. The SMILES string of the molecule is CCCC[C@@H](C=O)NC(=O)[C@H](CC(C)C)N=C(C)CC(=O)c1ccccc1. The lowest BCUT2D eigenvalue weighted by Gasteiger charge is -2.19. The number of aldehydes is 1. The topological polar surface area (TPSA) is 75.6 Å². The molecule has 0 bridgehead atoms. The van der Waals surface area contributed by atoms with Crippen molar-refractivity contribution in [2.45, 2.75) is 71.9 Å². The fourth-order valence-electron chi connectivity index (χ4n) is 2.81. The second-order valence-electron chi connectivity index (χ2n) is 7.37. The lowest BCUT2D eigenvalue weighted by Crippen LogP contribution is -2.42. The van der Waals surface area contributed by atoms with Crippen molar-refractivity contribution in [3.63, 3.8) is 0 Å². The maximum atomic E-state index is 12.6. The maximum absolute atomic E-state index is 12.6. The summed E-state index contributed by atoms with van der Waals surface area (Å²) in [7, 11) is 0. The minimum Gasteiger partial charge on any atom is -0.345 e. The average molecular weight is 373 g/mol. The molecule has 148 valence electrons. The summed E-state index contributed by atoms with van der Waals surface area (Å²) in [6.45, 7) is 7.86. The molecule has 2 atom stereocenters. The Balaban J connectivity index is 2.81. The lowest BCUT2D eigenvalue weighted by molar-refractivity contribution is -0.125. The predicted octanol–water partition coefficient (Wildman–Crippen LogP) is 4.01. The molecule has 0 aliphatic carbocycles. The van der Waals surface area contributed by atoms with Crippen LogP contribution in [0.3, 0.4) is 0 Å². The summed E-state index contributed by atoms with van der Waals surface area (Å²) in [5.74, 6) is 0.00475. The molecule has 0 aromatic heterocycles. The first-order valence-electron chi connectivity index (χ1n) is 9.74. The zero-order valence-corrected chi connectivity index (χ0v) is 16.9. The van der Waals surface area contributed by atoms with Crippen molar-refractivity contribution in [2.24, 2.45) is 10.9 Å². The Morgan fingerprint density at radius 2 is 1.85 bits per heavy atom. The van der Waals surface area contributed by atoms with Crippen LogP contribution < -0.4 is 5.32 Å². The van der Waals surface area contributed by atoms with Gasteiger partial charge in [-0.15, -0.1) is 0 Å². The number of amides is 1. The second-order valence-corrected chi connectivity index (χ2v) is 7.37. The van der Waals surface area contributed by atoms with Gasteiger partial charge < -0.3 is 10.1 Å². The highest BCUT2D eigenvalue weighted by molar-refractivity contribution is 6.09. The molecule has 0 aliphatic heterocycles. The summed E-state index contributed by atoms with van der Waals surface area (Å²) < 4.78 is 0. The quantitative estimate of drug-likeness (QED) is 0.342. The molecule has 0 saturated carbocycles. The van der Waals surface area contributed by atoms with Gasteiger partial charge in [0.15, 0.2) is 5.78 Å². The van der Waals surface area contributed by atoms with E-state index in [0.29, 0.717) is 24.1 Å². The van der Waals surface area contributed by atoms with E-state index in [2.05, 4.69) is 10.3 Å². The molecular weight excluding hydrogens is 340 g/mol. The van der Waals surface area contributed by atoms with Crippen molar-refractivity contribution in [2.75, 3.05) is 0 Å². The van der Waals surface area contributed by atoms with Crippen molar-refractivity contribution in [1.29, 1.82) is 0 Å². The monoisotopic (exact) mass is 372 g/mol. The Morgan fingerprint density at radius 1 is 1.19 bits per heavy atom. The van der Waals surface area contributed by atoms with Crippen LogP contribution in [0.15, 0.2) is 35.3 Å². The number of hydrogen-bond acceptors (Lipinski definition) is 4. The van der Waals surface area contributed by atoms with Crippen LogP contribution in [0.5, 0.6) is 0 Å². The van der Waals surface area contributed by atoms with Crippen molar-refractivity contribution < 1.29 is 14.4 Å². The van der Waals surface area contributed by atoms with Crippen LogP contribution in [0.25, 0.3) is 0 Å². The zero-order chi connectivity index (χ0) is 20.2. The van der Waals surface area contributed by atoms with Gasteiger partial charge in [-0.3, -0.25) is 14.6 Å². The Bertz CT molecular complexity index is 638. The minimum atomic E-state index is -0.586. The van der Waals surface area contributed by atoms with Crippen LogP contribution in [0.1, 0.15) is 70.2 Å². The van der Waals surface area contributed by atoms with Gasteiger partial charge in [-0.2, -0.15) is 0 Å². The van der Waals surface area contributed by atoms with Crippen LogP contribution >= 0.6 is 0 Å². The number of nitrogens with zero attached hydrogens (tertiary/aromatic N) is 1. The van der Waals surface area contributed by atoms with E-state index >= 15 is 0 Å². The smallest absolute Gasteiger partial charge is 0.245 e. The summed E-state index contributed by atoms with van der Waals surface area (Å²) in [6.07, 6.45) is 4.02. The van der Waals surface area contributed by atoms with E-state index in [-0.39, 0.29) is 24.0 Å². The van der Waals surface area contributed by atoms with E-state index in [1.165, 1.54) is 0 Å². The highest BCUT2D eigenvalue weighted by atomic mass is 16.2. The van der Waals surface area contributed by atoms with Crippen molar-refractivity contribution in [1.82, 2.24) is 5.32 Å². The first kappa shape index (κ1) is 22.7. The highest BCUT2D eigenvalue weighted by Crippen LogP contribution is 2.12. The van der Waals surface area contributed by atoms with Crippen LogP contribution in [-0.2, 0) is 9.59 Å². The molecule has 1 amide bonds. The molecule has 5 nitrogen and oxygen atoms in total. The number of rotatable bonds is 12. The molecule has 5 heteroatoms. The second kappa shape index (κ2) is 12.2. The highest BCUT2D eigenvalue weighted by Gasteiger charge is 2.22. The molecule has 0 fully saturated rings. The average Bonchev–Trinajstić information content (AvgIpc) is 2.64. The molecule has 0 aliphatic rings. The number of hydrogen-bond donors (Lipinski definition) is 1. The number of benzene rings is 1. The number of carbonyl (C=O) groups excluding carboxylic acids is 3. The molecule has 27 heavy (non-hydrogen) atoms. The Hall–Kier alpha value is -2.30. The molecule has 0 spiro atoms. The number of ketones is 1. The Kier molecular flexibility index (Phi) is 10.2. The van der Waals surface area contributed by atoms with Gasteiger partial charge in [0.1, 0.15) is 12.3 Å². The zero-order valence-electron chi connectivity index (χ0n) is 16.9. The van der Waals surface area contributed by atoms with E-state index in [1.54, 1.807) is 19.1 Å². The van der Waals surface area contributed by atoms with E-state index in [9.17, 15) is 14.4 Å². The number of unbranched alkanes of at least 4 members (excludes halogenated alkanes) is 1. The fraction of sp³-hybridized carbons (Fsp3) is 0.545. The first-order chi connectivity index (χ1) is 12.9. The van der Waals surface area contributed by atoms with Gasteiger partial charge in [-0.05, 0) is 25.7 Å². The van der Waals surface area contributed by atoms with Gasteiger partial charge >= 0.3 is 0 Å². The van der Waals surface area contributed by atoms with Gasteiger partial charge in [-0.1, -0.05) is 63.9 Å². The number of Topliss-reactive ketones (excluding diaryl/α,β-unsaturated/α-hetero) is 1. The van der Waals surface area contributed by atoms with Crippen LogP contribution in [0.2, 0.25) is 0 Å². The number of nitrogens with one attached hydrogen (secondary N) is 1. The minimum absolute atomic E-state index is 0.0192. The Morgan fingerprint density at radius 3 is 2.41 bits per heavy atom. The molecule has 0 unspecified atom stereocenters. The summed E-state index contributed by atoms with van der Waals surface area (Å²) in [5.41, 5.74) is 1.26. The van der Waals surface area contributed by atoms with Crippen molar-refractivity contribution >= 4 is 23.7 Å². The van der Waals surface area contributed by atoms with Crippen molar-refractivity contribution in [3.8, 4) is 0 Å². The van der Waals surface area contributed by atoms with Gasteiger partial charge in [0.25, 0.3) is 0 Å². The molecule has 1 N–H and O–H groups in total. The fourth-order valence-corrected chi connectivity index (χ4v) is 2.81. The summed E-state index contributed by atoms with van der Waals surface area (Å²) in [6, 6.07) is 8.00. The van der Waals surface area contributed by atoms with E-state index in [0.717, 1.165) is 19.1 Å². The molecule has 1 aromatic carbocycles. The third-order valence-corrected chi connectivity index (χ3v) is 4.25. The van der Waals surface area contributed by atoms with Gasteiger partial charge in [-0.25, -0.2) is 0 Å². The standard InChI is InChI=1S/C22H32N2O3/c1-5-6-12-19(15-25)24-22(27)20(13-16(2)3)23-17(4)14-21(26)18-10-8-7-9-11-18/h7-11,15-16,19-20H,5-6,12-14H2,1-4H3,(H,24,27)/t19-,20-/m0/s1.